The lowest BCUT2D eigenvalue weighted by Crippen LogP contribution is -2.43. The van der Waals surface area contributed by atoms with Crippen molar-refractivity contribution in [1.29, 1.82) is 0 Å². The molecule has 0 spiro atoms. The lowest BCUT2D eigenvalue weighted by atomic mass is 9.99. The zero-order valence-electron chi connectivity index (χ0n) is 18.4. The molecule has 2 unspecified atom stereocenters. The normalized spacial score (nSPS) is 13.8. The maximum atomic E-state index is 13.9. The summed E-state index contributed by atoms with van der Waals surface area (Å²) < 4.78 is 26.3. The molecule has 0 saturated carbocycles. The van der Waals surface area contributed by atoms with Gasteiger partial charge in [-0.05, 0) is 53.4 Å². The molecule has 3 aromatic rings. The number of carbonyl (C=O) groups excluding carboxylic acids is 1. The topological polar surface area (TPSA) is 89.9 Å². The molecule has 0 radical (unpaired) electrons. The summed E-state index contributed by atoms with van der Waals surface area (Å²) in [5.74, 6) is -0.478. The van der Waals surface area contributed by atoms with E-state index >= 15 is 0 Å². The highest BCUT2D eigenvalue weighted by Crippen LogP contribution is 2.39. The average molecular weight is 508 g/mol. The molecule has 3 N–H and O–H groups in total. The number of hydrogen-bond acceptors (Lipinski definition) is 3. The van der Waals surface area contributed by atoms with Crippen LogP contribution >= 0.6 is 23.2 Å². The Bertz CT molecular complexity index is 1210. The molecule has 0 saturated heterocycles. The molecule has 6 nitrogen and oxygen atoms in total. The molecule has 0 fully saturated rings. The van der Waals surface area contributed by atoms with Crippen LogP contribution in [0.25, 0.3) is 0 Å². The number of carbonyl (C=O) groups is 1. The third kappa shape index (κ3) is 5.57. The van der Waals surface area contributed by atoms with Gasteiger partial charge in [-0.25, -0.2) is 0 Å². The molecular formula is C24H25Cl2N2O4S+. The van der Waals surface area contributed by atoms with Crippen LogP contribution in [-0.2, 0) is 19.4 Å². The van der Waals surface area contributed by atoms with Crippen LogP contribution < -0.4 is 9.62 Å². The maximum absolute atomic E-state index is 13.9. The third-order valence-corrected chi connectivity index (χ3v) is 7.47. The number of amides is 1. The van der Waals surface area contributed by atoms with E-state index in [4.69, 9.17) is 23.2 Å². The van der Waals surface area contributed by atoms with Crippen molar-refractivity contribution < 1.29 is 18.7 Å². The van der Waals surface area contributed by atoms with E-state index in [1.807, 2.05) is 19.9 Å². The van der Waals surface area contributed by atoms with Crippen LogP contribution in [0.2, 0.25) is 10.0 Å². The van der Waals surface area contributed by atoms with Gasteiger partial charge in [0.1, 0.15) is 12.6 Å². The molecule has 0 heterocycles. The standard InChI is InChI=1S/C24H24Cl2N2O4S/c1-15-10-16(2)12-18(11-15)33(31,32)28(14-23(29)27-3)22-9-8-17(25)13-20(22)24(30)19-6-4-5-7-21(19)26/h4-13,24,30H,14H2,1-3H3,(H-,27,29,31,32)/p+1. The first-order valence-corrected chi connectivity index (χ1v) is 12.3. The van der Waals surface area contributed by atoms with E-state index in [1.54, 1.807) is 36.4 Å². The summed E-state index contributed by atoms with van der Waals surface area (Å²) in [5, 5.41) is 14.3. The Kier molecular flexibility index (Phi) is 7.82. The summed E-state index contributed by atoms with van der Waals surface area (Å²) in [6, 6.07) is 16.4. The van der Waals surface area contributed by atoms with Gasteiger partial charge in [0.05, 0.1) is 5.69 Å². The quantitative estimate of drug-likeness (QED) is 0.383. The second kappa shape index (κ2) is 10.2. The summed E-state index contributed by atoms with van der Waals surface area (Å²) in [6.07, 6.45) is -1.26. The van der Waals surface area contributed by atoms with Crippen LogP contribution in [0.3, 0.4) is 0 Å². The largest absolute Gasteiger partial charge is 0.384 e. The summed E-state index contributed by atoms with van der Waals surface area (Å²) in [5.41, 5.74) is 2.43. The number of hydrogen-bond donors (Lipinski definition) is 3. The fourth-order valence-corrected chi connectivity index (χ4v) is 5.64. The highest BCUT2D eigenvalue weighted by molar-refractivity contribution is 7.99. The minimum Gasteiger partial charge on any atom is -0.384 e. The van der Waals surface area contributed by atoms with Gasteiger partial charge in [-0.1, -0.05) is 47.5 Å². The maximum Gasteiger partial charge on any atom is 0.349 e. The van der Waals surface area contributed by atoms with Gasteiger partial charge in [-0.2, -0.15) is 8.86 Å². The molecule has 0 aromatic heterocycles. The van der Waals surface area contributed by atoms with Crippen molar-refractivity contribution in [3.8, 4) is 0 Å². The Balaban J connectivity index is 2.23. The second-order valence-corrected chi connectivity index (χ2v) is 10.4. The van der Waals surface area contributed by atoms with E-state index in [0.717, 1.165) is 15.4 Å². The highest BCUT2D eigenvalue weighted by atomic mass is 35.5. The van der Waals surface area contributed by atoms with E-state index in [2.05, 4.69) is 5.32 Å². The Morgan fingerprint density at radius 3 is 2.27 bits per heavy atom. The number of anilines is 1. The molecule has 0 aliphatic rings. The fraction of sp³-hybridized carbons (Fsp3) is 0.208. The first kappa shape index (κ1) is 25.2. The molecule has 0 aliphatic carbocycles. The zero-order valence-corrected chi connectivity index (χ0v) is 20.7. The number of aliphatic hydroxyl groups is 1. The molecule has 0 bridgehead atoms. The summed E-state index contributed by atoms with van der Waals surface area (Å²) in [6.45, 7) is 3.22. The van der Waals surface area contributed by atoms with Crippen molar-refractivity contribution in [3.05, 3.63) is 93.0 Å². The van der Waals surface area contributed by atoms with Crippen molar-refractivity contribution in [1.82, 2.24) is 5.32 Å². The molecule has 2 atom stereocenters. The monoisotopic (exact) mass is 507 g/mol. The third-order valence-electron chi connectivity index (χ3n) is 5.12. The number of aryl methyl sites for hydroxylation is 2. The van der Waals surface area contributed by atoms with Crippen LogP contribution in [0, 0.1) is 13.8 Å². The predicted octanol–water partition coefficient (Wildman–Crippen LogP) is 5.19. The van der Waals surface area contributed by atoms with Gasteiger partial charge >= 0.3 is 10.4 Å². The van der Waals surface area contributed by atoms with Crippen molar-refractivity contribution in [2.24, 2.45) is 0 Å². The number of aliphatic hydroxyl groups excluding tert-OH is 1. The van der Waals surface area contributed by atoms with Crippen molar-refractivity contribution in [3.63, 3.8) is 0 Å². The van der Waals surface area contributed by atoms with E-state index in [9.17, 15) is 18.7 Å². The molecule has 0 aliphatic heterocycles. The van der Waals surface area contributed by atoms with Gasteiger partial charge in [0.25, 0.3) is 0 Å². The first-order chi connectivity index (χ1) is 15.5. The van der Waals surface area contributed by atoms with E-state index in [0.29, 0.717) is 15.6 Å². The van der Waals surface area contributed by atoms with E-state index < -0.39 is 29.0 Å². The molecular weight excluding hydrogens is 483 g/mol. The van der Waals surface area contributed by atoms with Crippen LogP contribution in [0.5, 0.6) is 0 Å². The van der Waals surface area contributed by atoms with E-state index in [-0.39, 0.29) is 16.1 Å². The zero-order chi connectivity index (χ0) is 24.3. The average Bonchev–Trinajstić information content (AvgIpc) is 2.76. The summed E-state index contributed by atoms with van der Waals surface area (Å²) in [4.78, 5) is 12.5. The molecule has 174 valence electrons. The SMILES string of the molecule is CNC(=O)CN(c1ccc(Cl)cc1C(O)c1ccccc1Cl)[S+](=O)(O)c1cc(C)cc(C)c1. The Labute approximate surface area is 204 Å². The van der Waals surface area contributed by atoms with Crippen molar-refractivity contribution in [2.45, 2.75) is 24.8 Å². The van der Waals surface area contributed by atoms with Gasteiger partial charge in [0, 0.05) is 40.4 Å². The molecule has 9 heteroatoms. The molecule has 3 rings (SSSR count). The van der Waals surface area contributed by atoms with E-state index in [1.165, 1.54) is 25.2 Å². The number of nitrogens with one attached hydrogen (secondary N) is 1. The molecule has 3 aromatic carbocycles. The Morgan fingerprint density at radius 2 is 1.67 bits per heavy atom. The van der Waals surface area contributed by atoms with Gasteiger partial charge in [-0.3, -0.25) is 4.79 Å². The predicted molar refractivity (Wildman–Crippen MR) is 133 cm³/mol. The molecule has 33 heavy (non-hydrogen) atoms. The lowest BCUT2D eigenvalue weighted by Gasteiger charge is -2.26. The number of nitrogens with zero attached hydrogens (tertiary/aromatic N) is 1. The van der Waals surface area contributed by atoms with Gasteiger partial charge in [-0.15, -0.1) is 0 Å². The Morgan fingerprint density at radius 1 is 1.03 bits per heavy atom. The smallest absolute Gasteiger partial charge is 0.349 e. The van der Waals surface area contributed by atoms with Crippen molar-refractivity contribution >= 4 is 45.2 Å². The summed E-state index contributed by atoms with van der Waals surface area (Å²) in [7, 11) is -2.49. The number of rotatable bonds is 7. The van der Waals surface area contributed by atoms with Crippen LogP contribution in [0.1, 0.15) is 28.4 Å². The Hall–Kier alpha value is -2.42. The van der Waals surface area contributed by atoms with Crippen LogP contribution in [-0.4, -0.2) is 29.2 Å². The fourth-order valence-electron chi connectivity index (χ4n) is 3.57. The first-order valence-electron chi connectivity index (χ1n) is 10.1. The van der Waals surface area contributed by atoms with Crippen molar-refractivity contribution in [2.75, 3.05) is 17.9 Å². The van der Waals surface area contributed by atoms with Gasteiger partial charge in [0.2, 0.25) is 10.8 Å². The number of likely N-dealkylation sites (N-methyl/N-ethyl adjacent to an activating group) is 1. The summed E-state index contributed by atoms with van der Waals surface area (Å²) >= 11 is 12.5. The molecule has 1 amide bonds. The lowest BCUT2D eigenvalue weighted by molar-refractivity contribution is -0.119. The minimum absolute atomic E-state index is 0.150. The number of halogens is 2. The van der Waals surface area contributed by atoms with Gasteiger partial charge in [0.15, 0.2) is 0 Å². The van der Waals surface area contributed by atoms with Gasteiger partial charge < -0.3 is 10.4 Å². The van der Waals surface area contributed by atoms with Crippen LogP contribution in [0.4, 0.5) is 5.69 Å². The minimum atomic E-state index is -3.93. The van der Waals surface area contributed by atoms with Crippen LogP contribution in [0.15, 0.2) is 65.6 Å². The number of benzene rings is 3. The highest BCUT2D eigenvalue weighted by Gasteiger charge is 2.42. The second-order valence-electron chi connectivity index (χ2n) is 7.66.